The second-order valence-electron chi connectivity index (χ2n) is 7.91. The molecule has 37 heavy (non-hydrogen) atoms. The zero-order valence-electron chi connectivity index (χ0n) is 19.0. The predicted molar refractivity (Wildman–Crippen MR) is 134 cm³/mol. The summed E-state index contributed by atoms with van der Waals surface area (Å²) >= 11 is 4.70. The fraction of sp³-hybridized carbons (Fsp3) is 0.389. The number of carboxylic acid groups (broad SMARTS) is 2. The average Bonchev–Trinajstić information content (AvgIpc) is 3.52. The number of hydrogen-bond donors (Lipinski definition) is 4. The highest BCUT2D eigenvalue weighted by Crippen LogP contribution is 2.41. The van der Waals surface area contributed by atoms with Gasteiger partial charge in [0.1, 0.15) is 22.6 Å². The van der Waals surface area contributed by atoms with E-state index in [1.165, 1.54) is 48.7 Å². The zero-order chi connectivity index (χ0) is 26.9. The van der Waals surface area contributed by atoms with E-state index in [9.17, 15) is 29.4 Å². The van der Waals surface area contributed by atoms with Crippen molar-refractivity contribution >= 4 is 81.0 Å². The number of rotatable bonds is 10. The van der Waals surface area contributed by atoms with Gasteiger partial charge >= 0.3 is 11.9 Å². The number of nitrogens with two attached hydrogens (primary N) is 1. The van der Waals surface area contributed by atoms with E-state index in [-0.39, 0.29) is 16.7 Å². The third kappa shape index (κ3) is 5.53. The summed E-state index contributed by atoms with van der Waals surface area (Å²) in [4.78, 5) is 59.5. The summed E-state index contributed by atoms with van der Waals surface area (Å²) in [7, 11) is 0. The molecular weight excluding hydrogens is 569 g/mol. The van der Waals surface area contributed by atoms with Gasteiger partial charge in [-0.05, 0) is 19.4 Å². The van der Waals surface area contributed by atoms with Crippen LogP contribution in [0.2, 0.25) is 0 Å². The van der Waals surface area contributed by atoms with Crippen molar-refractivity contribution in [2.45, 2.75) is 35.2 Å². The van der Waals surface area contributed by atoms with Crippen LogP contribution in [0.4, 0.5) is 5.13 Å². The number of nitrogen functional groups attached to an aromatic ring is 1. The van der Waals surface area contributed by atoms with E-state index in [1.54, 1.807) is 5.51 Å². The number of nitrogens with one attached hydrogen (secondary N) is 1. The van der Waals surface area contributed by atoms with Gasteiger partial charge in [0.2, 0.25) is 17.1 Å². The molecule has 2 amide bonds. The number of carboxylic acids is 2. The number of aliphatic carboxylic acids is 2. The van der Waals surface area contributed by atoms with Crippen LogP contribution in [0.15, 0.2) is 26.3 Å². The van der Waals surface area contributed by atoms with Crippen LogP contribution in [0.25, 0.3) is 0 Å². The molecule has 2 atom stereocenters. The van der Waals surface area contributed by atoms with Crippen molar-refractivity contribution in [3.8, 4) is 0 Å². The Balaban J connectivity index is 1.52. The van der Waals surface area contributed by atoms with Crippen LogP contribution in [0.1, 0.15) is 19.7 Å². The number of anilines is 1. The highest BCUT2D eigenvalue weighted by atomic mass is 32.2. The maximum absolute atomic E-state index is 13.1. The first-order valence-electron chi connectivity index (χ1n) is 10.2. The second kappa shape index (κ2) is 10.6. The summed E-state index contributed by atoms with van der Waals surface area (Å²) < 4.78 is 4.58. The molecular formula is C18H18N8O7S4. The molecule has 2 aliphatic heterocycles. The van der Waals surface area contributed by atoms with Crippen molar-refractivity contribution in [1.29, 1.82) is 0 Å². The Morgan fingerprint density at radius 3 is 2.73 bits per heavy atom. The lowest BCUT2D eigenvalue weighted by Gasteiger charge is -2.49. The van der Waals surface area contributed by atoms with Gasteiger partial charge in [0.05, 0.1) is 0 Å². The van der Waals surface area contributed by atoms with Gasteiger partial charge in [-0.25, -0.2) is 9.59 Å². The van der Waals surface area contributed by atoms with Crippen molar-refractivity contribution in [3.05, 3.63) is 22.6 Å². The molecule has 4 heterocycles. The molecule has 0 spiro atoms. The molecule has 0 aliphatic carbocycles. The first kappa shape index (κ1) is 26.8. The lowest BCUT2D eigenvalue weighted by Crippen LogP contribution is -2.71. The summed E-state index contributed by atoms with van der Waals surface area (Å²) in [5, 5.41) is 32.2. The molecule has 0 saturated carbocycles. The molecule has 0 bridgehead atoms. The molecule has 0 aromatic carbocycles. The maximum atomic E-state index is 13.1. The summed E-state index contributed by atoms with van der Waals surface area (Å²) in [6.07, 6.45) is 0. The summed E-state index contributed by atoms with van der Waals surface area (Å²) in [5.74, 6) is -3.74. The number of nitrogens with zero attached hydrogens (tertiary/aromatic N) is 6. The largest absolute Gasteiger partial charge is 0.478 e. The van der Waals surface area contributed by atoms with Gasteiger partial charge in [-0.3, -0.25) is 14.5 Å². The summed E-state index contributed by atoms with van der Waals surface area (Å²) in [5.41, 5.74) is 5.30. The molecule has 2 aromatic heterocycles. The molecule has 196 valence electrons. The minimum atomic E-state index is -1.78. The van der Waals surface area contributed by atoms with E-state index in [0.717, 1.165) is 16.4 Å². The van der Waals surface area contributed by atoms with Crippen LogP contribution in [0, 0.1) is 0 Å². The van der Waals surface area contributed by atoms with E-state index >= 15 is 0 Å². The average molecular weight is 587 g/mol. The first-order chi connectivity index (χ1) is 17.5. The van der Waals surface area contributed by atoms with Gasteiger partial charge < -0.3 is 26.1 Å². The number of amides is 2. The lowest BCUT2D eigenvalue weighted by molar-refractivity contribution is -0.161. The van der Waals surface area contributed by atoms with Crippen molar-refractivity contribution in [3.63, 3.8) is 0 Å². The smallest absolute Gasteiger partial charge is 0.352 e. The minimum absolute atomic E-state index is 0.0249. The van der Waals surface area contributed by atoms with Crippen LogP contribution in [-0.2, 0) is 24.0 Å². The monoisotopic (exact) mass is 586 g/mol. The van der Waals surface area contributed by atoms with Crippen molar-refractivity contribution in [2.75, 3.05) is 17.2 Å². The molecule has 1 fully saturated rings. The number of carbonyl (C=O) groups is 4. The second-order valence-corrected chi connectivity index (χ2v) is 11.9. The van der Waals surface area contributed by atoms with E-state index in [1.807, 2.05) is 0 Å². The first-order valence-corrected chi connectivity index (χ1v) is 13.9. The molecule has 2 aliphatic rings. The van der Waals surface area contributed by atoms with Crippen molar-refractivity contribution in [2.24, 2.45) is 5.16 Å². The normalized spacial score (nSPS) is 19.8. The zero-order valence-corrected chi connectivity index (χ0v) is 22.2. The molecule has 4 rings (SSSR count). The van der Waals surface area contributed by atoms with E-state index in [4.69, 9.17) is 10.6 Å². The minimum Gasteiger partial charge on any atom is -0.478 e. The fourth-order valence-corrected chi connectivity index (χ4v) is 6.50. The van der Waals surface area contributed by atoms with Gasteiger partial charge in [0.15, 0.2) is 9.47 Å². The van der Waals surface area contributed by atoms with Gasteiger partial charge in [-0.1, -0.05) is 28.3 Å². The predicted octanol–water partition coefficient (Wildman–Crippen LogP) is 0.0866. The quantitative estimate of drug-likeness (QED) is 0.125. The van der Waals surface area contributed by atoms with Crippen LogP contribution in [-0.4, -0.2) is 92.7 Å². The lowest BCUT2D eigenvalue weighted by atomic mass is 10.0. The molecule has 5 N–H and O–H groups in total. The summed E-state index contributed by atoms with van der Waals surface area (Å²) in [6, 6.07) is -1.07. The molecule has 0 radical (unpaired) electrons. The number of hydrogen-bond acceptors (Lipinski definition) is 15. The summed E-state index contributed by atoms with van der Waals surface area (Å²) in [6.45, 7) is 2.45. The van der Waals surface area contributed by atoms with Crippen LogP contribution in [0.5, 0.6) is 0 Å². The fourth-order valence-electron chi connectivity index (χ4n) is 3.09. The Bertz CT molecular complexity index is 1310. The van der Waals surface area contributed by atoms with Crippen LogP contribution in [0.3, 0.4) is 0 Å². The third-order valence-electron chi connectivity index (χ3n) is 5.00. The highest BCUT2D eigenvalue weighted by molar-refractivity contribution is 8.01. The topological polar surface area (TPSA) is 223 Å². The van der Waals surface area contributed by atoms with E-state index in [0.29, 0.717) is 21.4 Å². The Kier molecular flexibility index (Phi) is 7.67. The Labute approximate surface area is 224 Å². The van der Waals surface area contributed by atoms with Crippen LogP contribution >= 0.6 is 46.4 Å². The van der Waals surface area contributed by atoms with Gasteiger partial charge in [-0.2, -0.15) is 9.36 Å². The van der Waals surface area contributed by atoms with Crippen LogP contribution < -0.4 is 11.1 Å². The molecule has 15 nitrogen and oxygen atoms in total. The third-order valence-corrected chi connectivity index (χ3v) is 8.82. The molecule has 2 aromatic rings. The Morgan fingerprint density at radius 1 is 1.38 bits per heavy atom. The number of β-lactam (4-membered cyclic amide) rings is 1. The standard InChI is InChI=1S/C18H18N8O7S4/c1-18(2,15(31)32)33-24-7(10-22-16(19)37-25-10)11(27)21-8-12(28)26-9(14(29)30)6(3-34-13(8)26)4-35-17-23-20-5-36-17/h5,8,13H,3-4H2,1-2H3,(H,21,27)(H,29,30)(H,31,32)(H2,19,22,25)/t8?,13-/m0/s1. The Morgan fingerprint density at radius 2 is 2.14 bits per heavy atom. The Hall–Kier alpha value is -3.29. The number of fused-ring (bicyclic) bond motifs is 1. The molecule has 1 saturated heterocycles. The van der Waals surface area contributed by atoms with E-state index in [2.05, 4.69) is 30.0 Å². The number of carbonyl (C=O) groups excluding carboxylic acids is 2. The highest BCUT2D eigenvalue weighted by Gasteiger charge is 2.54. The number of aromatic nitrogens is 4. The molecule has 1 unspecified atom stereocenters. The van der Waals surface area contributed by atoms with E-state index < -0.39 is 46.5 Å². The van der Waals surface area contributed by atoms with Gasteiger partial charge in [0, 0.05) is 23.0 Å². The van der Waals surface area contributed by atoms with Crippen molar-refractivity contribution < 1.29 is 34.2 Å². The molecule has 19 heteroatoms. The maximum Gasteiger partial charge on any atom is 0.352 e. The SMILES string of the molecule is CC(C)(ON=C(C(=O)NC1C(=O)N2C(C(=O)O)=C(CSc3nncs3)CS[C@@H]12)c1nsc(N)n1)C(=O)O. The van der Waals surface area contributed by atoms with Gasteiger partial charge in [0.25, 0.3) is 11.8 Å². The van der Waals surface area contributed by atoms with Gasteiger partial charge in [-0.15, -0.1) is 22.0 Å². The number of oxime groups is 1. The number of thioether (sulfide) groups is 2. The van der Waals surface area contributed by atoms with Crippen molar-refractivity contribution in [1.82, 2.24) is 29.8 Å².